The van der Waals surface area contributed by atoms with Crippen LogP contribution in [0.4, 0.5) is 5.69 Å². The second-order valence-electron chi connectivity index (χ2n) is 6.64. The van der Waals surface area contributed by atoms with E-state index in [4.69, 9.17) is 32.7 Å². The van der Waals surface area contributed by atoms with Gasteiger partial charge in [0, 0.05) is 5.69 Å². The maximum Gasteiger partial charge on any atom is 0.329 e. The topological polar surface area (TPSA) is 102 Å². The number of rotatable bonds is 8. The lowest BCUT2D eigenvalue weighted by molar-refractivity contribution is -0.159. The highest BCUT2D eigenvalue weighted by molar-refractivity contribution is 6.58. The van der Waals surface area contributed by atoms with Crippen molar-refractivity contribution in [1.82, 2.24) is 4.90 Å². The van der Waals surface area contributed by atoms with E-state index in [1.165, 1.54) is 7.11 Å². The van der Waals surface area contributed by atoms with E-state index in [1.54, 1.807) is 38.1 Å². The number of hydrogen-bond donors (Lipinski definition) is 1. The van der Waals surface area contributed by atoms with Gasteiger partial charge in [0.1, 0.15) is 21.9 Å². The molecule has 1 unspecified atom stereocenters. The van der Waals surface area contributed by atoms with Crippen molar-refractivity contribution in [1.29, 1.82) is 0 Å². The van der Waals surface area contributed by atoms with Gasteiger partial charge in [0.15, 0.2) is 6.61 Å². The fraction of sp³-hybridized carbons (Fsp3) is 0.368. The number of halogens is 2. The molecule has 2 rings (SSSR count). The van der Waals surface area contributed by atoms with Crippen molar-refractivity contribution < 1.29 is 28.7 Å². The van der Waals surface area contributed by atoms with E-state index >= 15 is 0 Å². The van der Waals surface area contributed by atoms with E-state index in [-0.39, 0.29) is 12.3 Å². The normalized spacial score (nSPS) is 15.0. The van der Waals surface area contributed by atoms with E-state index in [0.29, 0.717) is 16.3 Å². The SMILES string of the molecule is COc1ccc(NC(=O)COC(=O)C(CC(C)C)N2C(=O)C(Cl)=C(Cl)C2=O)cc1. The Balaban J connectivity index is 2.02. The van der Waals surface area contributed by atoms with Crippen LogP contribution in [0.1, 0.15) is 20.3 Å². The van der Waals surface area contributed by atoms with Crippen LogP contribution in [0.3, 0.4) is 0 Å². The van der Waals surface area contributed by atoms with Crippen LogP contribution in [0, 0.1) is 5.92 Å². The molecular weight excluding hydrogens is 423 g/mol. The summed E-state index contributed by atoms with van der Waals surface area (Å²) in [6.45, 7) is 3.02. The molecule has 0 aromatic heterocycles. The highest BCUT2D eigenvalue weighted by Gasteiger charge is 2.44. The van der Waals surface area contributed by atoms with Gasteiger partial charge in [0.2, 0.25) is 0 Å². The van der Waals surface area contributed by atoms with Crippen LogP contribution in [0.5, 0.6) is 5.75 Å². The summed E-state index contributed by atoms with van der Waals surface area (Å²) in [7, 11) is 1.52. The molecule has 0 bridgehead atoms. The van der Waals surface area contributed by atoms with Crippen molar-refractivity contribution in [2.24, 2.45) is 5.92 Å². The molecule has 0 spiro atoms. The molecule has 0 fully saturated rings. The van der Waals surface area contributed by atoms with Crippen LogP contribution < -0.4 is 10.1 Å². The number of carbonyl (C=O) groups excluding carboxylic acids is 4. The quantitative estimate of drug-likeness (QED) is 0.490. The van der Waals surface area contributed by atoms with E-state index in [1.807, 2.05) is 0 Å². The lowest BCUT2D eigenvalue weighted by atomic mass is 10.0. The average Bonchev–Trinajstić information content (AvgIpc) is 2.88. The largest absolute Gasteiger partial charge is 0.497 e. The molecule has 29 heavy (non-hydrogen) atoms. The number of carbonyl (C=O) groups is 4. The molecule has 1 aliphatic rings. The summed E-state index contributed by atoms with van der Waals surface area (Å²) in [5, 5.41) is 1.66. The highest BCUT2D eigenvalue weighted by Crippen LogP contribution is 2.30. The lowest BCUT2D eigenvalue weighted by Crippen LogP contribution is -2.47. The monoisotopic (exact) mass is 442 g/mol. The number of methoxy groups -OCH3 is 1. The molecule has 1 aromatic carbocycles. The molecule has 156 valence electrons. The van der Waals surface area contributed by atoms with E-state index in [0.717, 1.165) is 0 Å². The van der Waals surface area contributed by atoms with Crippen LogP contribution in [-0.4, -0.2) is 48.3 Å². The highest BCUT2D eigenvalue weighted by atomic mass is 35.5. The van der Waals surface area contributed by atoms with Gasteiger partial charge in [-0.15, -0.1) is 0 Å². The maximum atomic E-state index is 12.5. The second kappa shape index (κ2) is 9.76. The number of imide groups is 1. The third-order valence-electron chi connectivity index (χ3n) is 4.00. The Morgan fingerprint density at radius 1 is 1.07 bits per heavy atom. The molecule has 8 nitrogen and oxygen atoms in total. The second-order valence-corrected chi connectivity index (χ2v) is 7.39. The van der Waals surface area contributed by atoms with Gasteiger partial charge in [-0.05, 0) is 36.6 Å². The van der Waals surface area contributed by atoms with Crippen LogP contribution in [-0.2, 0) is 23.9 Å². The molecule has 1 aromatic rings. The Hall–Kier alpha value is -2.58. The first kappa shape index (κ1) is 22.7. The molecule has 1 aliphatic heterocycles. The number of nitrogens with one attached hydrogen (secondary N) is 1. The summed E-state index contributed by atoms with van der Waals surface area (Å²) in [6.07, 6.45) is 0.130. The minimum absolute atomic E-state index is 0.0561. The van der Waals surface area contributed by atoms with Crippen molar-refractivity contribution in [3.05, 3.63) is 34.3 Å². The molecule has 3 amide bonds. The lowest BCUT2D eigenvalue weighted by Gasteiger charge is -2.26. The Morgan fingerprint density at radius 3 is 2.10 bits per heavy atom. The van der Waals surface area contributed by atoms with Crippen molar-refractivity contribution in [3.8, 4) is 5.75 Å². The standard InChI is InChI=1S/C19H20Cl2N2O6/c1-10(2)8-13(23-17(25)15(20)16(21)18(23)26)19(27)29-9-14(24)22-11-4-6-12(28-3)7-5-11/h4-7,10,13H,8-9H2,1-3H3,(H,22,24). The summed E-state index contributed by atoms with van der Waals surface area (Å²) in [5.41, 5.74) is 0.484. The van der Waals surface area contributed by atoms with Crippen molar-refractivity contribution in [2.45, 2.75) is 26.3 Å². The molecule has 1 N–H and O–H groups in total. The van der Waals surface area contributed by atoms with Gasteiger partial charge in [0.25, 0.3) is 17.7 Å². The van der Waals surface area contributed by atoms with Gasteiger partial charge in [-0.3, -0.25) is 19.3 Å². The third kappa shape index (κ3) is 5.48. The summed E-state index contributed by atoms with van der Waals surface area (Å²) >= 11 is 11.5. The van der Waals surface area contributed by atoms with Crippen LogP contribution in [0.2, 0.25) is 0 Å². The number of hydrogen-bond acceptors (Lipinski definition) is 6. The third-order valence-corrected chi connectivity index (χ3v) is 4.80. The average molecular weight is 443 g/mol. The molecule has 1 heterocycles. The number of anilines is 1. The van der Waals surface area contributed by atoms with E-state index in [2.05, 4.69) is 5.32 Å². The fourth-order valence-electron chi connectivity index (χ4n) is 2.63. The van der Waals surface area contributed by atoms with Crippen LogP contribution in [0.25, 0.3) is 0 Å². The van der Waals surface area contributed by atoms with Gasteiger partial charge in [-0.25, -0.2) is 4.79 Å². The number of benzene rings is 1. The Morgan fingerprint density at radius 2 is 1.62 bits per heavy atom. The molecule has 0 aliphatic carbocycles. The predicted molar refractivity (Wildman–Crippen MR) is 106 cm³/mol. The zero-order valence-electron chi connectivity index (χ0n) is 16.0. The zero-order chi connectivity index (χ0) is 21.7. The first-order chi connectivity index (χ1) is 13.6. The Kier molecular flexibility index (Phi) is 7.64. The first-order valence-electron chi connectivity index (χ1n) is 8.69. The number of esters is 1. The summed E-state index contributed by atoms with van der Waals surface area (Å²) in [4.78, 5) is 49.7. The Labute approximate surface area is 177 Å². The molecular formula is C19H20Cl2N2O6. The first-order valence-corrected chi connectivity index (χ1v) is 9.45. The zero-order valence-corrected chi connectivity index (χ0v) is 17.5. The summed E-state index contributed by atoms with van der Waals surface area (Å²) < 4.78 is 10.1. The molecule has 10 heteroatoms. The molecule has 0 saturated heterocycles. The van der Waals surface area contributed by atoms with Gasteiger partial charge in [0.05, 0.1) is 7.11 Å². The van der Waals surface area contributed by atoms with Crippen LogP contribution in [0.15, 0.2) is 34.3 Å². The van der Waals surface area contributed by atoms with Gasteiger partial charge in [-0.1, -0.05) is 37.0 Å². The molecule has 1 atom stereocenters. The Bertz CT molecular complexity index is 827. The number of ether oxygens (including phenoxy) is 2. The summed E-state index contributed by atoms with van der Waals surface area (Å²) in [5.74, 6) is -2.66. The van der Waals surface area contributed by atoms with Crippen molar-refractivity contribution in [2.75, 3.05) is 19.0 Å². The summed E-state index contributed by atoms with van der Waals surface area (Å²) in [6, 6.07) is 5.32. The van der Waals surface area contributed by atoms with Crippen LogP contribution >= 0.6 is 23.2 Å². The van der Waals surface area contributed by atoms with Gasteiger partial charge >= 0.3 is 5.97 Å². The van der Waals surface area contributed by atoms with Gasteiger partial charge < -0.3 is 14.8 Å². The van der Waals surface area contributed by atoms with Gasteiger partial charge in [-0.2, -0.15) is 0 Å². The van der Waals surface area contributed by atoms with E-state index < -0.39 is 46.4 Å². The van der Waals surface area contributed by atoms with E-state index in [9.17, 15) is 19.2 Å². The smallest absolute Gasteiger partial charge is 0.329 e. The van der Waals surface area contributed by atoms with Crippen molar-refractivity contribution >= 4 is 52.6 Å². The minimum Gasteiger partial charge on any atom is -0.497 e. The maximum absolute atomic E-state index is 12.5. The molecule has 0 saturated carbocycles. The fourth-order valence-corrected chi connectivity index (χ4v) is 2.98. The number of nitrogens with zero attached hydrogens (tertiary/aromatic N) is 1. The molecule has 0 radical (unpaired) electrons. The predicted octanol–water partition coefficient (Wildman–Crippen LogP) is 2.65. The van der Waals surface area contributed by atoms with Crippen molar-refractivity contribution in [3.63, 3.8) is 0 Å². The minimum atomic E-state index is -1.24. The number of amides is 3.